The Balaban J connectivity index is 1.21. The van der Waals surface area contributed by atoms with E-state index in [1.807, 2.05) is 42.5 Å². The van der Waals surface area contributed by atoms with Crippen molar-refractivity contribution in [2.45, 2.75) is 25.3 Å². The number of carbonyl (C=O) groups is 2. The largest absolute Gasteiger partial charge is 0.457 e. The van der Waals surface area contributed by atoms with Crippen LogP contribution in [0.2, 0.25) is 0 Å². The molecule has 1 aliphatic carbocycles. The molecule has 1 aliphatic rings. The predicted molar refractivity (Wildman–Crippen MR) is 140 cm³/mol. The number of ether oxygens (including phenoxy) is 2. The zero-order valence-corrected chi connectivity index (χ0v) is 20.4. The van der Waals surface area contributed by atoms with Gasteiger partial charge in [0.2, 0.25) is 0 Å². The summed E-state index contributed by atoms with van der Waals surface area (Å²) >= 11 is 0. The third kappa shape index (κ3) is 5.95. The molecule has 186 valence electrons. The van der Waals surface area contributed by atoms with E-state index in [0.717, 1.165) is 24.2 Å². The molecule has 2 N–H and O–H groups in total. The molecule has 5 rings (SSSR count). The fourth-order valence-corrected chi connectivity index (χ4v) is 4.35. The van der Waals surface area contributed by atoms with Gasteiger partial charge in [0.25, 0.3) is 11.8 Å². The average molecular weight is 494 g/mol. The van der Waals surface area contributed by atoms with Crippen LogP contribution in [0.4, 0.5) is 0 Å². The summed E-state index contributed by atoms with van der Waals surface area (Å²) in [4.78, 5) is 28.8. The minimum Gasteiger partial charge on any atom is -0.457 e. The summed E-state index contributed by atoms with van der Waals surface area (Å²) in [5.41, 5.74) is 3.27. The first-order valence-corrected chi connectivity index (χ1v) is 12.2. The zero-order valence-electron chi connectivity index (χ0n) is 20.4. The maximum absolute atomic E-state index is 12.9. The van der Waals surface area contributed by atoms with Gasteiger partial charge in [-0.3, -0.25) is 14.6 Å². The average Bonchev–Trinajstić information content (AvgIpc) is 2.93. The van der Waals surface area contributed by atoms with Crippen molar-refractivity contribution in [3.63, 3.8) is 0 Å². The van der Waals surface area contributed by atoms with Gasteiger partial charge in [0.15, 0.2) is 0 Å². The Bertz CT molecular complexity index is 1400. The summed E-state index contributed by atoms with van der Waals surface area (Å²) in [6.45, 7) is 0. The second-order valence-electron chi connectivity index (χ2n) is 8.84. The number of fused-ring (bicyclic) bond motifs is 1. The van der Waals surface area contributed by atoms with Crippen molar-refractivity contribution in [3.8, 4) is 23.0 Å². The number of benzene rings is 3. The molecule has 0 spiro atoms. The van der Waals surface area contributed by atoms with E-state index in [-0.39, 0.29) is 17.9 Å². The lowest BCUT2D eigenvalue weighted by atomic mass is 9.88. The van der Waals surface area contributed by atoms with Gasteiger partial charge in [-0.25, -0.2) is 0 Å². The first-order chi connectivity index (χ1) is 18.1. The normalized spacial score (nSPS) is 14.2. The highest BCUT2D eigenvalue weighted by molar-refractivity contribution is 5.94. The summed E-state index contributed by atoms with van der Waals surface area (Å²) in [7, 11) is 1.56. The van der Waals surface area contributed by atoms with Crippen molar-refractivity contribution in [3.05, 3.63) is 114 Å². The van der Waals surface area contributed by atoms with E-state index >= 15 is 0 Å². The SMILES string of the molecule is CNC(=O)c1cc(Oc2ccc3c(c2)CC(NC(=O)c2ccc(Oc4ccccc4)cc2)CC3)ccn1. The second-order valence-corrected chi connectivity index (χ2v) is 8.84. The van der Waals surface area contributed by atoms with Crippen LogP contribution in [0.25, 0.3) is 0 Å². The Hall–Kier alpha value is -4.65. The van der Waals surface area contributed by atoms with Crippen molar-refractivity contribution in [2.24, 2.45) is 0 Å². The summed E-state index contributed by atoms with van der Waals surface area (Å²) in [5.74, 6) is 2.26. The minimum absolute atomic E-state index is 0.0243. The molecule has 1 unspecified atom stereocenters. The molecule has 7 nitrogen and oxygen atoms in total. The van der Waals surface area contributed by atoms with Gasteiger partial charge in [-0.1, -0.05) is 24.3 Å². The van der Waals surface area contributed by atoms with Crippen LogP contribution in [-0.4, -0.2) is 29.9 Å². The molecule has 0 aliphatic heterocycles. The molecule has 7 heteroatoms. The fraction of sp³-hybridized carbons (Fsp3) is 0.167. The van der Waals surface area contributed by atoms with E-state index in [0.29, 0.717) is 34.9 Å². The lowest BCUT2D eigenvalue weighted by Crippen LogP contribution is -2.38. The number of aromatic nitrogens is 1. The molecule has 0 saturated carbocycles. The molecular formula is C30H27N3O4. The lowest BCUT2D eigenvalue weighted by molar-refractivity contribution is 0.0931. The van der Waals surface area contributed by atoms with Gasteiger partial charge in [0.1, 0.15) is 28.7 Å². The van der Waals surface area contributed by atoms with Gasteiger partial charge in [-0.2, -0.15) is 0 Å². The molecule has 1 atom stereocenters. The molecule has 0 fully saturated rings. The Morgan fingerprint density at radius 2 is 1.49 bits per heavy atom. The summed E-state index contributed by atoms with van der Waals surface area (Å²) in [5, 5.41) is 5.73. The van der Waals surface area contributed by atoms with E-state index in [1.54, 1.807) is 49.6 Å². The van der Waals surface area contributed by atoms with Crippen LogP contribution in [0, 0.1) is 0 Å². The van der Waals surface area contributed by atoms with Crippen LogP contribution < -0.4 is 20.1 Å². The number of nitrogens with one attached hydrogen (secondary N) is 2. The maximum atomic E-state index is 12.9. The van der Waals surface area contributed by atoms with Gasteiger partial charge in [-0.15, -0.1) is 0 Å². The first kappa shape index (κ1) is 24.1. The molecule has 4 aromatic rings. The van der Waals surface area contributed by atoms with E-state index in [9.17, 15) is 9.59 Å². The Kier molecular flexibility index (Phi) is 7.12. The highest BCUT2D eigenvalue weighted by Crippen LogP contribution is 2.29. The quantitative estimate of drug-likeness (QED) is 0.364. The van der Waals surface area contributed by atoms with E-state index in [4.69, 9.17) is 9.47 Å². The lowest BCUT2D eigenvalue weighted by Gasteiger charge is -2.26. The van der Waals surface area contributed by atoms with Crippen molar-refractivity contribution in [1.82, 2.24) is 15.6 Å². The number of nitrogens with zero attached hydrogens (tertiary/aromatic N) is 1. The van der Waals surface area contributed by atoms with Gasteiger partial charge in [-0.05, 0) is 85.0 Å². The Morgan fingerprint density at radius 1 is 0.784 bits per heavy atom. The molecule has 3 aromatic carbocycles. The number of hydrogen-bond acceptors (Lipinski definition) is 5. The van der Waals surface area contributed by atoms with Crippen LogP contribution in [0.15, 0.2) is 91.1 Å². The number of hydrogen-bond donors (Lipinski definition) is 2. The third-order valence-corrected chi connectivity index (χ3v) is 6.26. The summed E-state index contributed by atoms with van der Waals surface area (Å²) in [6.07, 6.45) is 4.01. The fourth-order valence-electron chi connectivity index (χ4n) is 4.35. The summed E-state index contributed by atoms with van der Waals surface area (Å²) < 4.78 is 11.8. The van der Waals surface area contributed by atoms with Crippen LogP contribution >= 0.6 is 0 Å². The van der Waals surface area contributed by atoms with E-state index < -0.39 is 0 Å². The van der Waals surface area contributed by atoms with E-state index in [2.05, 4.69) is 21.7 Å². The van der Waals surface area contributed by atoms with Gasteiger partial charge in [0.05, 0.1) is 0 Å². The van der Waals surface area contributed by atoms with Gasteiger partial charge < -0.3 is 20.1 Å². The maximum Gasteiger partial charge on any atom is 0.269 e. The molecule has 1 heterocycles. The zero-order chi connectivity index (χ0) is 25.6. The Labute approximate surface area is 215 Å². The standard InChI is InChI=1S/C30H27N3O4/c1-31-30(35)28-19-27(15-16-32-28)37-26-14-8-20-7-11-23(17-22(20)18-26)33-29(34)21-9-12-25(13-10-21)36-24-5-3-2-4-6-24/h2-6,8-10,12-16,18-19,23H,7,11,17H2,1H3,(H,31,35)(H,33,34). The molecule has 0 radical (unpaired) electrons. The van der Waals surface area contributed by atoms with Crippen molar-refractivity contribution < 1.29 is 19.1 Å². The van der Waals surface area contributed by atoms with Crippen LogP contribution in [0.3, 0.4) is 0 Å². The number of para-hydroxylation sites is 1. The highest BCUT2D eigenvalue weighted by Gasteiger charge is 2.21. The summed E-state index contributed by atoms with van der Waals surface area (Å²) in [6, 6.07) is 26.0. The number of aryl methyl sites for hydroxylation is 1. The van der Waals surface area contributed by atoms with Crippen LogP contribution in [0.1, 0.15) is 38.4 Å². The predicted octanol–water partition coefficient (Wildman–Crippen LogP) is 5.31. The van der Waals surface area contributed by atoms with Crippen molar-refractivity contribution in [2.75, 3.05) is 7.05 Å². The molecule has 37 heavy (non-hydrogen) atoms. The number of rotatable bonds is 7. The smallest absolute Gasteiger partial charge is 0.269 e. The van der Waals surface area contributed by atoms with E-state index in [1.165, 1.54) is 5.56 Å². The molecule has 0 saturated heterocycles. The number of carbonyl (C=O) groups excluding carboxylic acids is 2. The minimum atomic E-state index is -0.271. The monoisotopic (exact) mass is 493 g/mol. The Morgan fingerprint density at radius 3 is 2.27 bits per heavy atom. The van der Waals surface area contributed by atoms with Crippen LogP contribution in [0.5, 0.6) is 23.0 Å². The van der Waals surface area contributed by atoms with Crippen molar-refractivity contribution >= 4 is 11.8 Å². The third-order valence-electron chi connectivity index (χ3n) is 6.26. The van der Waals surface area contributed by atoms with Gasteiger partial charge in [0, 0.05) is 30.9 Å². The first-order valence-electron chi connectivity index (χ1n) is 12.2. The second kappa shape index (κ2) is 11.0. The molecule has 2 amide bonds. The van der Waals surface area contributed by atoms with Crippen molar-refractivity contribution in [1.29, 1.82) is 0 Å². The molecular weight excluding hydrogens is 466 g/mol. The topological polar surface area (TPSA) is 89.6 Å². The highest BCUT2D eigenvalue weighted by atomic mass is 16.5. The van der Waals surface area contributed by atoms with Gasteiger partial charge >= 0.3 is 0 Å². The molecule has 0 bridgehead atoms. The molecule has 1 aromatic heterocycles. The number of pyridine rings is 1. The van der Waals surface area contributed by atoms with Crippen LogP contribution in [-0.2, 0) is 12.8 Å². The number of amides is 2.